The summed E-state index contributed by atoms with van der Waals surface area (Å²) < 4.78 is 29.6. The molecule has 0 radical (unpaired) electrons. The van der Waals surface area contributed by atoms with Crippen LogP contribution >= 0.6 is 0 Å². The number of rotatable bonds is 39. The quantitative estimate of drug-likeness (QED) is 0.0495. The van der Waals surface area contributed by atoms with E-state index in [2.05, 4.69) is 13.8 Å². The van der Waals surface area contributed by atoms with Gasteiger partial charge in [0.25, 0.3) is 10.1 Å². The van der Waals surface area contributed by atoms with Gasteiger partial charge < -0.3 is 0 Å². The van der Waals surface area contributed by atoms with Gasteiger partial charge in [-0.05, 0) is 12.8 Å². The third-order valence-corrected chi connectivity index (χ3v) is 10.8. The molecule has 0 amide bonds. The molecular formula is C40H82O3S. The highest BCUT2D eigenvalue weighted by atomic mass is 32.2. The van der Waals surface area contributed by atoms with Crippen LogP contribution in [0.4, 0.5) is 0 Å². The fraction of sp³-hybridized carbons (Fsp3) is 1.00. The summed E-state index contributed by atoms with van der Waals surface area (Å²) in [5.74, 6) is 0.199. The van der Waals surface area contributed by atoms with Crippen LogP contribution in [0.3, 0.4) is 0 Å². The van der Waals surface area contributed by atoms with E-state index in [0.29, 0.717) is 6.61 Å². The van der Waals surface area contributed by atoms with Gasteiger partial charge in [0.05, 0.1) is 12.4 Å². The molecule has 0 aliphatic heterocycles. The summed E-state index contributed by atoms with van der Waals surface area (Å²) in [5.41, 5.74) is 0. The van der Waals surface area contributed by atoms with E-state index in [1.54, 1.807) is 0 Å². The van der Waals surface area contributed by atoms with Crippen molar-refractivity contribution in [2.24, 2.45) is 0 Å². The molecule has 0 unspecified atom stereocenters. The number of hydrogen-bond donors (Lipinski definition) is 0. The third kappa shape index (κ3) is 38.1. The largest absolute Gasteiger partial charge is 0.270 e. The molecule has 0 saturated carbocycles. The summed E-state index contributed by atoms with van der Waals surface area (Å²) in [5, 5.41) is 0. The second-order valence-electron chi connectivity index (χ2n) is 14.1. The Morgan fingerprint density at radius 1 is 0.295 bits per heavy atom. The van der Waals surface area contributed by atoms with Crippen LogP contribution < -0.4 is 0 Å². The average molecular weight is 643 g/mol. The van der Waals surface area contributed by atoms with Crippen molar-refractivity contribution in [2.75, 3.05) is 12.4 Å². The highest BCUT2D eigenvalue weighted by Gasteiger charge is 2.10. The molecule has 266 valence electrons. The van der Waals surface area contributed by atoms with Gasteiger partial charge in [-0.2, -0.15) is 8.42 Å². The first-order chi connectivity index (χ1) is 21.6. The molecule has 0 atom stereocenters. The summed E-state index contributed by atoms with van der Waals surface area (Å²) in [6.45, 7) is 4.95. The smallest absolute Gasteiger partial charge is 0.267 e. The van der Waals surface area contributed by atoms with E-state index < -0.39 is 10.1 Å². The summed E-state index contributed by atoms with van der Waals surface area (Å²) in [4.78, 5) is 0. The van der Waals surface area contributed by atoms with E-state index in [4.69, 9.17) is 4.18 Å². The molecule has 0 spiro atoms. The van der Waals surface area contributed by atoms with Crippen LogP contribution in [-0.4, -0.2) is 20.8 Å². The van der Waals surface area contributed by atoms with Crippen LogP contribution in [0.15, 0.2) is 0 Å². The van der Waals surface area contributed by atoms with Gasteiger partial charge >= 0.3 is 0 Å². The van der Waals surface area contributed by atoms with Crippen molar-refractivity contribution in [1.82, 2.24) is 0 Å². The maximum absolute atomic E-state index is 12.2. The predicted molar refractivity (Wildman–Crippen MR) is 197 cm³/mol. The normalized spacial score (nSPS) is 12.0. The average Bonchev–Trinajstić information content (AvgIpc) is 3.01. The Kier molecular flexibility index (Phi) is 37.3. The molecule has 0 aromatic rings. The van der Waals surface area contributed by atoms with E-state index in [9.17, 15) is 8.42 Å². The third-order valence-electron chi connectivity index (χ3n) is 9.51. The molecule has 0 aliphatic carbocycles. The van der Waals surface area contributed by atoms with Gasteiger partial charge in [0.2, 0.25) is 0 Å². The van der Waals surface area contributed by atoms with Gasteiger partial charge in [-0.1, -0.05) is 232 Å². The van der Waals surface area contributed by atoms with E-state index in [1.165, 1.54) is 199 Å². The molecule has 0 aromatic heterocycles. The highest BCUT2D eigenvalue weighted by Crippen LogP contribution is 2.16. The Morgan fingerprint density at radius 2 is 0.500 bits per heavy atom. The van der Waals surface area contributed by atoms with Crippen LogP contribution in [-0.2, 0) is 14.3 Å². The van der Waals surface area contributed by atoms with Gasteiger partial charge in [0.1, 0.15) is 0 Å². The molecule has 0 heterocycles. The Bertz CT molecular complexity index is 618. The fourth-order valence-corrected chi connectivity index (χ4v) is 7.48. The SMILES string of the molecule is CCCCCCCCCCCCCCCCCCCCOS(=O)(=O)CCCCCCCCCCCCCCCCCCCC. The lowest BCUT2D eigenvalue weighted by atomic mass is 10.0. The maximum atomic E-state index is 12.2. The molecule has 0 aromatic carbocycles. The Labute approximate surface area is 279 Å². The number of unbranched alkanes of at least 4 members (excludes halogenated alkanes) is 34. The van der Waals surface area contributed by atoms with Crippen molar-refractivity contribution in [3.05, 3.63) is 0 Å². The second kappa shape index (κ2) is 37.4. The zero-order valence-electron chi connectivity index (χ0n) is 30.5. The molecular weight excluding hydrogens is 561 g/mol. The van der Waals surface area contributed by atoms with Gasteiger partial charge in [0, 0.05) is 0 Å². The van der Waals surface area contributed by atoms with Crippen LogP contribution in [0, 0.1) is 0 Å². The monoisotopic (exact) mass is 643 g/mol. The number of hydrogen-bond acceptors (Lipinski definition) is 3. The predicted octanol–water partition coefficient (Wildman–Crippen LogP) is 14.4. The zero-order valence-corrected chi connectivity index (χ0v) is 31.3. The van der Waals surface area contributed by atoms with Gasteiger partial charge in [0.15, 0.2) is 0 Å². The van der Waals surface area contributed by atoms with Crippen molar-refractivity contribution in [2.45, 2.75) is 245 Å². The van der Waals surface area contributed by atoms with Gasteiger partial charge in [-0.3, -0.25) is 4.18 Å². The van der Waals surface area contributed by atoms with Crippen molar-refractivity contribution in [3.8, 4) is 0 Å². The van der Waals surface area contributed by atoms with Crippen molar-refractivity contribution in [1.29, 1.82) is 0 Å². The zero-order chi connectivity index (χ0) is 32.1. The Hall–Kier alpha value is -0.0900. The van der Waals surface area contributed by atoms with Crippen LogP contribution in [0.2, 0.25) is 0 Å². The molecule has 44 heavy (non-hydrogen) atoms. The molecule has 0 aliphatic rings. The molecule has 4 heteroatoms. The van der Waals surface area contributed by atoms with E-state index >= 15 is 0 Å². The molecule has 0 bridgehead atoms. The summed E-state index contributed by atoms with van der Waals surface area (Å²) in [6, 6.07) is 0. The molecule has 3 nitrogen and oxygen atoms in total. The van der Waals surface area contributed by atoms with Gasteiger partial charge in [-0.15, -0.1) is 0 Å². The lowest BCUT2D eigenvalue weighted by Gasteiger charge is -2.06. The summed E-state index contributed by atoms with van der Waals surface area (Å²) >= 11 is 0. The fourth-order valence-electron chi connectivity index (χ4n) is 6.43. The summed E-state index contributed by atoms with van der Waals surface area (Å²) in [6.07, 6.45) is 48.0. The lowest BCUT2D eigenvalue weighted by molar-refractivity contribution is 0.305. The molecule has 0 fully saturated rings. The summed E-state index contributed by atoms with van der Waals surface area (Å²) in [7, 11) is -3.33. The van der Waals surface area contributed by atoms with Crippen LogP contribution in [0.25, 0.3) is 0 Å². The first-order valence-corrected chi connectivity index (χ1v) is 22.1. The minimum Gasteiger partial charge on any atom is -0.270 e. The Balaban J connectivity index is 3.26. The minimum atomic E-state index is -3.33. The maximum Gasteiger partial charge on any atom is 0.267 e. The first-order valence-electron chi connectivity index (χ1n) is 20.5. The molecule has 0 N–H and O–H groups in total. The first kappa shape index (κ1) is 43.9. The van der Waals surface area contributed by atoms with Crippen molar-refractivity contribution in [3.63, 3.8) is 0 Å². The Morgan fingerprint density at radius 3 is 0.750 bits per heavy atom. The van der Waals surface area contributed by atoms with Crippen molar-refractivity contribution >= 4 is 10.1 Å². The standard InChI is InChI=1S/C40H82O3S/c1-3-5-7-9-11-13-15-17-19-21-23-25-27-29-31-33-35-37-39-43-44(41,42)40-38-36-34-32-30-28-26-24-22-20-18-16-14-12-10-8-6-4-2/h3-40H2,1-2H3. The van der Waals surface area contributed by atoms with E-state index in [1.807, 2.05) is 0 Å². The van der Waals surface area contributed by atoms with E-state index in [-0.39, 0.29) is 5.75 Å². The topological polar surface area (TPSA) is 43.4 Å². The lowest BCUT2D eigenvalue weighted by Crippen LogP contribution is -2.11. The van der Waals surface area contributed by atoms with Crippen molar-refractivity contribution < 1.29 is 12.6 Å². The molecule has 0 rings (SSSR count). The van der Waals surface area contributed by atoms with E-state index in [0.717, 1.165) is 32.1 Å². The van der Waals surface area contributed by atoms with Crippen LogP contribution in [0.5, 0.6) is 0 Å². The van der Waals surface area contributed by atoms with Gasteiger partial charge in [-0.25, -0.2) is 0 Å². The minimum absolute atomic E-state index is 0.199. The highest BCUT2D eigenvalue weighted by molar-refractivity contribution is 7.86. The van der Waals surface area contributed by atoms with Crippen LogP contribution in [0.1, 0.15) is 245 Å². The second-order valence-corrected chi connectivity index (χ2v) is 15.9. The molecule has 0 saturated heterocycles.